The summed E-state index contributed by atoms with van der Waals surface area (Å²) in [6.07, 6.45) is 0. The van der Waals surface area contributed by atoms with Gasteiger partial charge in [0, 0.05) is 21.9 Å². The normalized spacial score (nSPS) is 11.1. The summed E-state index contributed by atoms with van der Waals surface area (Å²) in [5.74, 6) is 0.917. The Bertz CT molecular complexity index is 1330. The van der Waals surface area contributed by atoms with Crippen molar-refractivity contribution in [2.24, 2.45) is 0 Å². The minimum absolute atomic E-state index is 0.146. The number of rotatable bonds is 4. The Morgan fingerprint density at radius 2 is 1.48 bits per heavy atom. The fourth-order valence-corrected chi connectivity index (χ4v) is 3.75. The van der Waals surface area contributed by atoms with E-state index in [2.05, 4.69) is 6.07 Å². The van der Waals surface area contributed by atoms with Gasteiger partial charge in [-0.25, -0.2) is 0 Å². The van der Waals surface area contributed by atoms with E-state index >= 15 is 0 Å². The molecule has 0 saturated carbocycles. The smallest absolute Gasteiger partial charge is 0.228 e. The zero-order valence-electron chi connectivity index (χ0n) is 15.9. The van der Waals surface area contributed by atoms with Crippen LogP contribution in [0.25, 0.3) is 32.9 Å². The molecular formula is C26H18O3. The van der Waals surface area contributed by atoms with Gasteiger partial charge in [0.25, 0.3) is 0 Å². The molecule has 0 unspecified atom stereocenters. The fourth-order valence-electron chi connectivity index (χ4n) is 3.75. The summed E-state index contributed by atoms with van der Waals surface area (Å²) in [7, 11) is 1.61. The number of carbonyl (C=O) groups is 1. The number of methoxy groups -OCH3 is 1. The van der Waals surface area contributed by atoms with Crippen LogP contribution in [0.4, 0.5) is 0 Å². The quantitative estimate of drug-likeness (QED) is 0.335. The highest BCUT2D eigenvalue weighted by molar-refractivity contribution is 6.19. The molecule has 1 heterocycles. The van der Waals surface area contributed by atoms with Crippen molar-refractivity contribution < 1.29 is 13.9 Å². The molecule has 0 aliphatic carbocycles. The minimum Gasteiger partial charge on any atom is -0.497 e. The van der Waals surface area contributed by atoms with Crippen molar-refractivity contribution in [3.8, 4) is 16.9 Å². The maximum absolute atomic E-state index is 13.4. The summed E-state index contributed by atoms with van der Waals surface area (Å²) in [5, 5.41) is 3.01. The Morgan fingerprint density at radius 3 is 2.24 bits per heavy atom. The lowest BCUT2D eigenvalue weighted by Crippen LogP contribution is -2.01. The Kier molecular flexibility index (Phi) is 4.14. The number of ether oxygens (including phenoxy) is 1. The van der Waals surface area contributed by atoms with Gasteiger partial charge in [-0.15, -0.1) is 0 Å². The topological polar surface area (TPSA) is 39.4 Å². The number of hydrogen-bond acceptors (Lipinski definition) is 3. The lowest BCUT2D eigenvalue weighted by molar-refractivity contribution is 0.101. The molecule has 0 bridgehead atoms. The molecule has 0 aliphatic rings. The Hall–Kier alpha value is -3.85. The summed E-state index contributed by atoms with van der Waals surface area (Å²) >= 11 is 0. The SMILES string of the molecule is COc1ccc(C(=O)c2oc3c(ccc4ccccc43)c2-c2ccccc2)cc1. The molecule has 0 fully saturated rings. The van der Waals surface area contributed by atoms with Gasteiger partial charge in [-0.1, -0.05) is 60.7 Å². The predicted molar refractivity (Wildman–Crippen MR) is 116 cm³/mol. The summed E-state index contributed by atoms with van der Waals surface area (Å²) in [6, 6.07) is 29.2. The third kappa shape index (κ3) is 2.88. The molecule has 29 heavy (non-hydrogen) atoms. The van der Waals surface area contributed by atoms with Gasteiger partial charge in [-0.2, -0.15) is 0 Å². The van der Waals surface area contributed by atoms with Crippen molar-refractivity contribution in [1.82, 2.24) is 0 Å². The predicted octanol–water partition coefficient (Wildman–Crippen LogP) is 6.49. The van der Waals surface area contributed by atoms with Crippen LogP contribution >= 0.6 is 0 Å². The van der Waals surface area contributed by atoms with Gasteiger partial charge in [-0.3, -0.25) is 4.79 Å². The summed E-state index contributed by atoms with van der Waals surface area (Å²) in [5.41, 5.74) is 3.08. The van der Waals surface area contributed by atoms with Crippen molar-refractivity contribution in [2.45, 2.75) is 0 Å². The zero-order valence-corrected chi connectivity index (χ0v) is 15.9. The van der Waals surface area contributed by atoms with Crippen molar-refractivity contribution >= 4 is 27.5 Å². The largest absolute Gasteiger partial charge is 0.497 e. The molecule has 3 nitrogen and oxygen atoms in total. The first-order valence-electron chi connectivity index (χ1n) is 9.44. The van der Waals surface area contributed by atoms with Crippen molar-refractivity contribution in [1.29, 1.82) is 0 Å². The third-order valence-corrected chi connectivity index (χ3v) is 5.20. The lowest BCUT2D eigenvalue weighted by Gasteiger charge is -2.04. The van der Waals surface area contributed by atoms with Crippen LogP contribution in [0.2, 0.25) is 0 Å². The number of hydrogen-bond donors (Lipinski definition) is 0. The first-order valence-corrected chi connectivity index (χ1v) is 9.44. The number of ketones is 1. The van der Waals surface area contributed by atoms with Crippen LogP contribution in [0, 0.1) is 0 Å². The standard InChI is InChI=1S/C26H18O3/c1-28-20-14-11-19(12-15-20)24(27)26-23(18-8-3-2-4-9-18)22-16-13-17-7-5-6-10-21(17)25(22)29-26/h2-16H,1H3. The molecule has 0 radical (unpaired) electrons. The van der Waals surface area contributed by atoms with E-state index in [1.54, 1.807) is 31.4 Å². The number of benzene rings is 4. The zero-order chi connectivity index (χ0) is 19.8. The van der Waals surface area contributed by atoms with Crippen molar-refractivity contribution in [2.75, 3.05) is 7.11 Å². The molecule has 5 rings (SSSR count). The maximum Gasteiger partial charge on any atom is 0.228 e. The molecule has 0 spiro atoms. The monoisotopic (exact) mass is 378 g/mol. The Balaban J connectivity index is 1.79. The Morgan fingerprint density at radius 1 is 0.759 bits per heavy atom. The van der Waals surface area contributed by atoms with Gasteiger partial charge in [0.15, 0.2) is 5.76 Å². The molecule has 1 aromatic heterocycles. The van der Waals surface area contributed by atoms with E-state index in [-0.39, 0.29) is 5.78 Å². The lowest BCUT2D eigenvalue weighted by atomic mass is 9.97. The molecule has 5 aromatic rings. The molecular weight excluding hydrogens is 360 g/mol. The van der Waals surface area contributed by atoms with Crippen LogP contribution in [0.15, 0.2) is 95.4 Å². The molecule has 140 valence electrons. The highest BCUT2D eigenvalue weighted by Gasteiger charge is 2.24. The van der Waals surface area contributed by atoms with Crippen LogP contribution in [0.3, 0.4) is 0 Å². The van der Waals surface area contributed by atoms with E-state index in [1.165, 1.54) is 0 Å². The number of fused-ring (bicyclic) bond motifs is 3. The third-order valence-electron chi connectivity index (χ3n) is 5.20. The Labute approximate surface area is 168 Å². The second-order valence-electron chi connectivity index (χ2n) is 6.89. The van der Waals surface area contributed by atoms with Crippen molar-refractivity contribution in [3.63, 3.8) is 0 Å². The number of furan rings is 1. The molecule has 0 aliphatic heterocycles. The van der Waals surface area contributed by atoms with E-state index in [1.807, 2.05) is 60.7 Å². The van der Waals surface area contributed by atoms with Crippen LogP contribution in [0.1, 0.15) is 16.1 Å². The van der Waals surface area contributed by atoms with E-state index in [0.717, 1.165) is 32.9 Å². The number of carbonyl (C=O) groups excluding carboxylic acids is 1. The van der Waals surface area contributed by atoms with Gasteiger partial charge >= 0.3 is 0 Å². The molecule has 0 N–H and O–H groups in total. The fraction of sp³-hybridized carbons (Fsp3) is 0.0385. The molecule has 0 atom stereocenters. The van der Waals surface area contributed by atoms with Crippen LogP contribution in [0.5, 0.6) is 5.75 Å². The van der Waals surface area contributed by atoms with Crippen LogP contribution in [-0.2, 0) is 0 Å². The van der Waals surface area contributed by atoms with Crippen molar-refractivity contribution in [3.05, 3.63) is 102 Å². The highest BCUT2D eigenvalue weighted by Crippen LogP contribution is 2.39. The second kappa shape index (κ2) is 6.95. The van der Waals surface area contributed by atoms with Gasteiger partial charge in [0.2, 0.25) is 5.78 Å². The summed E-state index contributed by atoms with van der Waals surface area (Å²) in [4.78, 5) is 13.4. The molecule has 3 heteroatoms. The van der Waals surface area contributed by atoms with Crippen LogP contribution < -0.4 is 4.74 Å². The van der Waals surface area contributed by atoms with Gasteiger partial charge in [-0.05, 0) is 41.3 Å². The minimum atomic E-state index is -0.146. The first kappa shape index (κ1) is 17.3. The summed E-state index contributed by atoms with van der Waals surface area (Å²) < 4.78 is 11.5. The summed E-state index contributed by atoms with van der Waals surface area (Å²) in [6.45, 7) is 0. The molecule has 4 aromatic carbocycles. The van der Waals surface area contributed by atoms with E-state index in [0.29, 0.717) is 17.1 Å². The molecule has 0 amide bonds. The first-order chi connectivity index (χ1) is 14.3. The van der Waals surface area contributed by atoms with E-state index < -0.39 is 0 Å². The van der Waals surface area contributed by atoms with Gasteiger partial charge in [0.05, 0.1) is 7.11 Å². The van der Waals surface area contributed by atoms with Gasteiger partial charge < -0.3 is 9.15 Å². The average Bonchev–Trinajstić information content (AvgIpc) is 3.19. The van der Waals surface area contributed by atoms with Crippen LogP contribution in [-0.4, -0.2) is 12.9 Å². The molecule has 0 saturated heterocycles. The maximum atomic E-state index is 13.4. The highest BCUT2D eigenvalue weighted by atomic mass is 16.5. The van der Waals surface area contributed by atoms with E-state index in [4.69, 9.17) is 9.15 Å². The second-order valence-corrected chi connectivity index (χ2v) is 6.89. The van der Waals surface area contributed by atoms with E-state index in [9.17, 15) is 4.79 Å². The average molecular weight is 378 g/mol. The van der Waals surface area contributed by atoms with Gasteiger partial charge in [0.1, 0.15) is 11.3 Å².